The van der Waals surface area contributed by atoms with E-state index in [1.165, 1.54) is 43.3 Å². The third kappa shape index (κ3) is 3.56. The highest BCUT2D eigenvalue weighted by Crippen LogP contribution is 2.30. The Balaban J connectivity index is 1.83. The minimum Gasteiger partial charge on any atom is -0.508 e. The molecule has 146 valence electrons. The molecule has 1 saturated heterocycles. The SMILES string of the molecule is C[C@]1(c2ccc(OC(F)F)cc2)NC(=O)N(/N=C/c2ccc(O)cc2O)C1=O. The number of nitrogens with one attached hydrogen (secondary N) is 1. The minimum absolute atomic E-state index is 0.0863. The number of carbonyl (C=O) groups excluding carboxylic acids is 2. The molecule has 1 aliphatic heterocycles. The van der Waals surface area contributed by atoms with Crippen LogP contribution < -0.4 is 10.1 Å². The molecular weight excluding hydrogens is 376 g/mol. The van der Waals surface area contributed by atoms with E-state index < -0.39 is 24.1 Å². The largest absolute Gasteiger partial charge is 0.508 e. The molecular formula is C18H15F2N3O5. The average Bonchev–Trinajstić information content (AvgIpc) is 2.84. The standard InChI is InChI=1S/C18H15F2N3O5/c1-18(11-3-6-13(7-4-11)28-16(19)20)15(26)23(17(27)22-18)21-9-10-2-5-12(24)8-14(10)25/h2-9,16,24-25H,1H3,(H,22,27)/b21-9+/t18-/m1/s1. The van der Waals surface area contributed by atoms with E-state index in [9.17, 15) is 28.6 Å². The highest BCUT2D eigenvalue weighted by atomic mass is 19.3. The first-order valence-electron chi connectivity index (χ1n) is 7.99. The van der Waals surface area contributed by atoms with Crippen molar-refractivity contribution in [2.24, 2.45) is 5.10 Å². The molecule has 0 radical (unpaired) electrons. The van der Waals surface area contributed by atoms with Crippen molar-refractivity contribution in [2.75, 3.05) is 0 Å². The summed E-state index contributed by atoms with van der Waals surface area (Å²) in [7, 11) is 0. The van der Waals surface area contributed by atoms with Gasteiger partial charge in [0.2, 0.25) is 0 Å². The number of ether oxygens (including phenoxy) is 1. The van der Waals surface area contributed by atoms with Gasteiger partial charge in [0.05, 0.1) is 6.21 Å². The van der Waals surface area contributed by atoms with Crippen LogP contribution in [0.1, 0.15) is 18.1 Å². The van der Waals surface area contributed by atoms with Gasteiger partial charge in [-0.1, -0.05) is 12.1 Å². The summed E-state index contributed by atoms with van der Waals surface area (Å²) in [5.74, 6) is -1.23. The summed E-state index contributed by atoms with van der Waals surface area (Å²) in [5.41, 5.74) is -0.937. The molecule has 10 heteroatoms. The van der Waals surface area contributed by atoms with Crippen molar-refractivity contribution in [3.05, 3.63) is 53.6 Å². The van der Waals surface area contributed by atoms with E-state index in [-0.39, 0.29) is 22.8 Å². The number of alkyl halides is 2. The van der Waals surface area contributed by atoms with Crippen molar-refractivity contribution in [1.29, 1.82) is 0 Å². The summed E-state index contributed by atoms with van der Waals surface area (Å²) in [6, 6.07) is 8.23. The first-order valence-corrected chi connectivity index (χ1v) is 7.99. The number of phenolic OH excluding ortho intramolecular Hbond substituents is 2. The van der Waals surface area contributed by atoms with E-state index in [1.54, 1.807) is 0 Å². The van der Waals surface area contributed by atoms with Gasteiger partial charge in [-0.15, -0.1) is 5.01 Å². The number of hydrogen-bond donors (Lipinski definition) is 3. The van der Waals surface area contributed by atoms with E-state index in [2.05, 4.69) is 15.2 Å². The van der Waals surface area contributed by atoms with Gasteiger partial charge in [0, 0.05) is 11.6 Å². The van der Waals surface area contributed by atoms with Crippen molar-refractivity contribution in [2.45, 2.75) is 19.1 Å². The molecule has 8 nitrogen and oxygen atoms in total. The summed E-state index contributed by atoms with van der Waals surface area (Å²) >= 11 is 0. The van der Waals surface area contributed by atoms with Gasteiger partial charge >= 0.3 is 12.6 Å². The van der Waals surface area contributed by atoms with Crippen LogP contribution >= 0.6 is 0 Å². The summed E-state index contributed by atoms with van der Waals surface area (Å²) in [4.78, 5) is 24.9. The molecule has 0 saturated carbocycles. The molecule has 0 aliphatic carbocycles. The number of amides is 3. The molecule has 1 heterocycles. The van der Waals surface area contributed by atoms with Crippen molar-refractivity contribution in [3.8, 4) is 17.2 Å². The fraction of sp³-hybridized carbons (Fsp3) is 0.167. The van der Waals surface area contributed by atoms with Crippen LogP contribution in [0.15, 0.2) is 47.6 Å². The van der Waals surface area contributed by atoms with Crippen LogP contribution in [0.25, 0.3) is 0 Å². The molecule has 0 bridgehead atoms. The Bertz CT molecular complexity index is 949. The number of imide groups is 1. The predicted octanol–water partition coefficient (Wildman–Crippen LogP) is 2.50. The monoisotopic (exact) mass is 391 g/mol. The van der Waals surface area contributed by atoms with Gasteiger partial charge in [0.15, 0.2) is 0 Å². The maximum Gasteiger partial charge on any atom is 0.387 e. The second kappa shape index (κ2) is 7.14. The van der Waals surface area contributed by atoms with Crippen LogP contribution in [-0.2, 0) is 10.3 Å². The molecule has 0 aromatic heterocycles. The third-order valence-corrected chi connectivity index (χ3v) is 4.15. The lowest BCUT2D eigenvalue weighted by atomic mass is 9.92. The molecule has 3 N–H and O–H groups in total. The first-order chi connectivity index (χ1) is 13.2. The Morgan fingerprint density at radius 1 is 1.18 bits per heavy atom. The highest BCUT2D eigenvalue weighted by molar-refractivity contribution is 6.07. The van der Waals surface area contributed by atoms with Crippen LogP contribution in [0.5, 0.6) is 17.2 Å². The topological polar surface area (TPSA) is 111 Å². The van der Waals surface area contributed by atoms with Crippen molar-refractivity contribution in [1.82, 2.24) is 10.3 Å². The Hall–Kier alpha value is -3.69. The molecule has 3 amide bonds. The van der Waals surface area contributed by atoms with Gasteiger partial charge in [-0.3, -0.25) is 4.79 Å². The first kappa shape index (κ1) is 19.1. The Morgan fingerprint density at radius 2 is 1.86 bits per heavy atom. The van der Waals surface area contributed by atoms with Crippen molar-refractivity contribution >= 4 is 18.2 Å². The zero-order valence-corrected chi connectivity index (χ0v) is 14.5. The van der Waals surface area contributed by atoms with Crippen LogP contribution in [0.2, 0.25) is 0 Å². The summed E-state index contributed by atoms with van der Waals surface area (Å²) in [5, 5.41) is 25.9. The van der Waals surface area contributed by atoms with Crippen LogP contribution in [0.3, 0.4) is 0 Å². The lowest BCUT2D eigenvalue weighted by Gasteiger charge is -2.21. The molecule has 2 aromatic carbocycles. The number of halogens is 2. The molecule has 0 spiro atoms. The van der Waals surface area contributed by atoms with Crippen LogP contribution in [0, 0.1) is 0 Å². The predicted molar refractivity (Wildman–Crippen MR) is 93.2 cm³/mol. The van der Waals surface area contributed by atoms with E-state index in [1.807, 2.05) is 0 Å². The number of hydrazone groups is 1. The summed E-state index contributed by atoms with van der Waals surface area (Å²) < 4.78 is 28.8. The number of phenols is 2. The highest BCUT2D eigenvalue weighted by Gasteiger charge is 2.49. The fourth-order valence-corrected chi connectivity index (χ4v) is 2.66. The Morgan fingerprint density at radius 3 is 2.46 bits per heavy atom. The quantitative estimate of drug-likeness (QED) is 0.536. The van der Waals surface area contributed by atoms with E-state index in [0.29, 0.717) is 10.6 Å². The van der Waals surface area contributed by atoms with Gasteiger partial charge in [0.25, 0.3) is 5.91 Å². The van der Waals surface area contributed by atoms with Crippen LogP contribution in [0.4, 0.5) is 13.6 Å². The fourth-order valence-electron chi connectivity index (χ4n) is 2.66. The van der Waals surface area contributed by atoms with Gasteiger partial charge in [-0.25, -0.2) is 4.79 Å². The molecule has 1 aliphatic rings. The average molecular weight is 391 g/mol. The normalized spacial score (nSPS) is 19.5. The summed E-state index contributed by atoms with van der Waals surface area (Å²) in [6.45, 7) is -1.53. The van der Waals surface area contributed by atoms with Crippen molar-refractivity contribution < 1.29 is 33.3 Å². The minimum atomic E-state index is -2.98. The second-order valence-corrected chi connectivity index (χ2v) is 6.06. The number of hydrogen-bond acceptors (Lipinski definition) is 6. The number of urea groups is 1. The molecule has 28 heavy (non-hydrogen) atoms. The number of benzene rings is 2. The van der Waals surface area contributed by atoms with E-state index in [0.717, 1.165) is 12.3 Å². The van der Waals surface area contributed by atoms with Crippen LogP contribution in [-0.4, -0.2) is 40.0 Å². The van der Waals surface area contributed by atoms with Gasteiger partial charge in [-0.05, 0) is 36.8 Å². The molecule has 1 atom stereocenters. The second-order valence-electron chi connectivity index (χ2n) is 6.06. The summed E-state index contributed by atoms with van der Waals surface area (Å²) in [6.07, 6.45) is 1.09. The Labute approximate surface area is 157 Å². The van der Waals surface area contributed by atoms with Crippen molar-refractivity contribution in [3.63, 3.8) is 0 Å². The zero-order valence-electron chi connectivity index (χ0n) is 14.5. The molecule has 3 rings (SSSR count). The van der Waals surface area contributed by atoms with E-state index >= 15 is 0 Å². The van der Waals surface area contributed by atoms with Gasteiger partial charge in [0.1, 0.15) is 22.8 Å². The third-order valence-electron chi connectivity index (χ3n) is 4.15. The van der Waals surface area contributed by atoms with Gasteiger partial charge in [-0.2, -0.15) is 13.9 Å². The van der Waals surface area contributed by atoms with E-state index in [4.69, 9.17) is 0 Å². The van der Waals surface area contributed by atoms with Gasteiger partial charge < -0.3 is 20.3 Å². The maximum absolute atomic E-state index is 12.7. The number of rotatable bonds is 5. The lowest BCUT2D eigenvalue weighted by Crippen LogP contribution is -2.40. The molecule has 0 unspecified atom stereocenters. The smallest absolute Gasteiger partial charge is 0.387 e. The lowest BCUT2D eigenvalue weighted by molar-refractivity contribution is -0.131. The maximum atomic E-state index is 12.7. The zero-order chi connectivity index (χ0) is 20.5. The Kier molecular flexibility index (Phi) is 4.87. The number of nitrogens with zero attached hydrogens (tertiary/aromatic N) is 2. The number of carbonyl (C=O) groups is 2. The number of aromatic hydroxyl groups is 2. The molecule has 1 fully saturated rings. The molecule has 2 aromatic rings.